The van der Waals surface area contributed by atoms with Gasteiger partial charge in [-0.05, 0) is 17.0 Å². The maximum Gasteiger partial charge on any atom is 0.263 e. The summed E-state index contributed by atoms with van der Waals surface area (Å²) in [6.45, 7) is -0.239. The van der Waals surface area contributed by atoms with E-state index in [0.29, 0.717) is 16.5 Å². The molecule has 1 heterocycles. The van der Waals surface area contributed by atoms with Crippen LogP contribution in [0.2, 0.25) is 0 Å². The number of hydrogen-bond donors (Lipinski definition) is 2. The summed E-state index contributed by atoms with van der Waals surface area (Å²) in [6.07, 6.45) is 2.75. The van der Waals surface area contributed by atoms with Gasteiger partial charge in [0.25, 0.3) is 8.87 Å². The molecule has 0 aromatic carbocycles. The van der Waals surface area contributed by atoms with Crippen molar-refractivity contribution in [2.45, 2.75) is 11.8 Å². The smallest absolute Gasteiger partial charge is 0.263 e. The maximum atomic E-state index is 11.1. The highest BCUT2D eigenvalue weighted by Crippen LogP contribution is 2.16. The molecule has 0 amide bonds. The molecule has 0 aliphatic carbocycles. The largest absolute Gasteiger partial charge is 0.390 e. The Kier molecular flexibility index (Phi) is 2.76. The summed E-state index contributed by atoms with van der Waals surface area (Å²) in [5.74, 6) is 0. The molecule has 0 aliphatic heterocycles. The van der Waals surface area contributed by atoms with Crippen LogP contribution in [-0.2, 0) is 15.5 Å². The molecule has 1 aromatic heterocycles. The second-order valence-electron chi connectivity index (χ2n) is 1.99. The molecule has 0 fully saturated rings. The van der Waals surface area contributed by atoms with Crippen molar-refractivity contribution in [2.24, 2.45) is 0 Å². The lowest BCUT2D eigenvalue weighted by Gasteiger charge is -1.92. The van der Waals surface area contributed by atoms with Crippen LogP contribution in [0.25, 0.3) is 0 Å². The van der Waals surface area contributed by atoms with E-state index in [2.05, 4.69) is 9.97 Å². The molecule has 12 heavy (non-hydrogen) atoms. The van der Waals surface area contributed by atoms with Crippen LogP contribution in [0, 0.1) is 0 Å². The molecule has 0 atom stereocenters. The third-order valence-corrected chi connectivity index (χ3v) is 4.14. The standard InChI is InChI=1S/C5H8N2O3S2/c1-11-12(9,10)5-6-2-4(3-8)7-5/h2,8H,3H2,1H3,(H,6,7). The predicted molar refractivity (Wildman–Crippen MR) is 45.2 cm³/mol. The average molecular weight is 208 g/mol. The summed E-state index contributed by atoms with van der Waals surface area (Å²) in [5.41, 5.74) is 0.391. The average Bonchev–Trinajstić information content (AvgIpc) is 2.52. The Morgan fingerprint density at radius 1 is 1.75 bits per heavy atom. The quantitative estimate of drug-likeness (QED) is 0.681. The van der Waals surface area contributed by atoms with E-state index < -0.39 is 8.87 Å². The van der Waals surface area contributed by atoms with Crippen molar-refractivity contribution in [3.63, 3.8) is 0 Å². The van der Waals surface area contributed by atoms with Crippen molar-refractivity contribution in [3.05, 3.63) is 11.9 Å². The highest BCUT2D eigenvalue weighted by Gasteiger charge is 2.16. The van der Waals surface area contributed by atoms with E-state index in [-0.39, 0.29) is 11.8 Å². The van der Waals surface area contributed by atoms with Gasteiger partial charge in [0.1, 0.15) is 0 Å². The van der Waals surface area contributed by atoms with Crippen LogP contribution in [0.5, 0.6) is 0 Å². The van der Waals surface area contributed by atoms with Crippen molar-refractivity contribution in [1.29, 1.82) is 0 Å². The van der Waals surface area contributed by atoms with Crippen LogP contribution in [0.3, 0.4) is 0 Å². The van der Waals surface area contributed by atoms with Gasteiger partial charge in [0.2, 0.25) is 5.16 Å². The number of rotatable bonds is 3. The molecule has 7 heteroatoms. The first-order chi connectivity index (χ1) is 5.60. The van der Waals surface area contributed by atoms with E-state index in [1.54, 1.807) is 0 Å². The summed E-state index contributed by atoms with van der Waals surface area (Å²) in [5, 5.41) is 8.50. The molecule has 5 nitrogen and oxygen atoms in total. The van der Waals surface area contributed by atoms with Crippen molar-refractivity contribution >= 4 is 19.7 Å². The van der Waals surface area contributed by atoms with Gasteiger partial charge in [0.15, 0.2) is 0 Å². The van der Waals surface area contributed by atoms with Gasteiger partial charge in [-0.25, -0.2) is 13.4 Å². The normalized spacial score (nSPS) is 11.8. The van der Waals surface area contributed by atoms with Gasteiger partial charge < -0.3 is 10.1 Å². The first kappa shape index (κ1) is 9.56. The van der Waals surface area contributed by atoms with Crippen LogP contribution in [0.15, 0.2) is 11.4 Å². The van der Waals surface area contributed by atoms with Crippen LogP contribution in [0.1, 0.15) is 5.69 Å². The number of H-pyrrole nitrogens is 1. The Bertz CT molecular complexity index is 357. The zero-order chi connectivity index (χ0) is 9.19. The van der Waals surface area contributed by atoms with Gasteiger partial charge in [-0.3, -0.25) is 0 Å². The lowest BCUT2D eigenvalue weighted by atomic mass is 10.5. The summed E-state index contributed by atoms with van der Waals surface area (Å²) in [7, 11) is -2.65. The van der Waals surface area contributed by atoms with Gasteiger partial charge in [0, 0.05) is 0 Å². The lowest BCUT2D eigenvalue weighted by Crippen LogP contribution is -1.96. The van der Waals surface area contributed by atoms with E-state index >= 15 is 0 Å². The van der Waals surface area contributed by atoms with Crippen LogP contribution in [-0.4, -0.2) is 29.7 Å². The van der Waals surface area contributed by atoms with Crippen molar-refractivity contribution in [3.8, 4) is 0 Å². The molecule has 0 bridgehead atoms. The van der Waals surface area contributed by atoms with Gasteiger partial charge in [0.05, 0.1) is 18.5 Å². The van der Waals surface area contributed by atoms with Crippen LogP contribution < -0.4 is 0 Å². The highest BCUT2D eigenvalue weighted by atomic mass is 33.1. The Morgan fingerprint density at radius 3 is 2.83 bits per heavy atom. The first-order valence-electron chi connectivity index (χ1n) is 3.05. The van der Waals surface area contributed by atoms with Crippen molar-refractivity contribution < 1.29 is 13.5 Å². The van der Waals surface area contributed by atoms with E-state index in [1.165, 1.54) is 12.5 Å². The minimum absolute atomic E-state index is 0.112. The molecular weight excluding hydrogens is 200 g/mol. The number of nitrogens with one attached hydrogen (secondary N) is 1. The van der Waals surface area contributed by atoms with Gasteiger partial charge in [-0.2, -0.15) is 0 Å². The summed E-state index contributed by atoms with van der Waals surface area (Å²) >= 11 is 0. The zero-order valence-corrected chi connectivity index (χ0v) is 7.94. The molecule has 0 unspecified atom stereocenters. The van der Waals surface area contributed by atoms with E-state index in [9.17, 15) is 8.42 Å². The van der Waals surface area contributed by atoms with E-state index in [0.717, 1.165) is 0 Å². The minimum atomic E-state index is -3.35. The molecule has 2 N–H and O–H groups in total. The predicted octanol–water partition coefficient (Wildman–Crippen LogP) is -0.0463. The van der Waals surface area contributed by atoms with Gasteiger partial charge in [-0.15, -0.1) is 0 Å². The Labute approximate surface area is 73.5 Å². The van der Waals surface area contributed by atoms with E-state index in [4.69, 9.17) is 5.11 Å². The van der Waals surface area contributed by atoms with Gasteiger partial charge in [-0.1, -0.05) is 0 Å². The van der Waals surface area contributed by atoms with Crippen LogP contribution in [0.4, 0.5) is 0 Å². The number of nitrogens with zero attached hydrogens (tertiary/aromatic N) is 1. The molecule has 0 saturated heterocycles. The molecular formula is C5H8N2O3S2. The second-order valence-corrected chi connectivity index (χ2v) is 5.94. The second kappa shape index (κ2) is 3.46. The number of aromatic nitrogens is 2. The zero-order valence-electron chi connectivity index (χ0n) is 6.31. The lowest BCUT2D eigenvalue weighted by molar-refractivity contribution is 0.277. The summed E-state index contributed by atoms with van der Waals surface area (Å²) in [6, 6.07) is 0. The van der Waals surface area contributed by atoms with Crippen LogP contribution >= 0.6 is 10.8 Å². The van der Waals surface area contributed by atoms with Crippen molar-refractivity contribution in [1.82, 2.24) is 9.97 Å². The molecule has 0 radical (unpaired) electrons. The number of aliphatic hydroxyl groups excluding tert-OH is 1. The summed E-state index contributed by atoms with van der Waals surface area (Å²) < 4.78 is 22.2. The molecule has 1 aromatic rings. The fraction of sp³-hybridized carbons (Fsp3) is 0.400. The number of aliphatic hydroxyl groups is 1. The third-order valence-electron chi connectivity index (χ3n) is 1.23. The van der Waals surface area contributed by atoms with E-state index in [1.807, 2.05) is 0 Å². The Hall–Kier alpha value is -0.530. The third kappa shape index (κ3) is 1.79. The van der Waals surface area contributed by atoms with Gasteiger partial charge >= 0.3 is 0 Å². The number of imidazole rings is 1. The number of aromatic amines is 1. The Balaban J connectivity index is 3.05. The fourth-order valence-corrected chi connectivity index (χ4v) is 1.95. The fourth-order valence-electron chi connectivity index (χ4n) is 0.625. The Morgan fingerprint density at radius 2 is 2.42 bits per heavy atom. The first-order valence-corrected chi connectivity index (χ1v) is 6.28. The molecule has 68 valence electrons. The van der Waals surface area contributed by atoms with Crippen molar-refractivity contribution in [2.75, 3.05) is 6.26 Å². The highest BCUT2D eigenvalue weighted by molar-refractivity contribution is 8.71. The minimum Gasteiger partial charge on any atom is -0.390 e. The SMILES string of the molecule is CSS(=O)(=O)c1ncc(CO)[nH]1. The summed E-state index contributed by atoms with van der Waals surface area (Å²) in [4.78, 5) is 6.09. The number of hydrogen-bond acceptors (Lipinski definition) is 5. The monoisotopic (exact) mass is 208 g/mol. The molecule has 0 saturated carbocycles. The topological polar surface area (TPSA) is 83.1 Å². The molecule has 0 spiro atoms. The maximum absolute atomic E-state index is 11.1. The molecule has 0 aliphatic rings. The molecule has 1 rings (SSSR count).